The molecule has 0 spiro atoms. The van der Waals surface area contributed by atoms with E-state index in [2.05, 4.69) is 42.5 Å². The van der Waals surface area contributed by atoms with Crippen LogP contribution in [-0.4, -0.2) is 20.3 Å². The maximum atomic E-state index is 13.3. The van der Waals surface area contributed by atoms with Crippen LogP contribution in [0.3, 0.4) is 0 Å². The average Bonchev–Trinajstić information content (AvgIpc) is 3.30. The van der Waals surface area contributed by atoms with Gasteiger partial charge in [-0.15, -0.1) is 0 Å². The van der Waals surface area contributed by atoms with E-state index in [9.17, 15) is 13.2 Å². The van der Waals surface area contributed by atoms with Crippen LogP contribution >= 0.6 is 0 Å². The fourth-order valence-electron chi connectivity index (χ4n) is 4.79. The zero-order valence-electron chi connectivity index (χ0n) is 18.0. The standard InChI is InChI=1S/C26H22F3N3/c1-16-12-17(2)24(18(3)13-16)31-11-10-30-25(31)19-8-9-23-21(14-19)20-6-4-5-7-22(20)32(23)15-26(27,28)29/h4-14H,15H2,1-3H3. The van der Waals surface area contributed by atoms with Gasteiger partial charge in [-0.2, -0.15) is 13.2 Å². The second kappa shape index (κ2) is 7.26. The highest BCUT2D eigenvalue weighted by molar-refractivity contribution is 6.09. The number of alkyl halides is 3. The Bertz CT molecular complexity index is 1450. The molecule has 6 heteroatoms. The molecule has 3 nitrogen and oxygen atoms in total. The molecule has 0 radical (unpaired) electrons. The Morgan fingerprint density at radius 2 is 1.53 bits per heavy atom. The zero-order valence-corrected chi connectivity index (χ0v) is 18.0. The van der Waals surface area contributed by atoms with E-state index in [0.29, 0.717) is 11.0 Å². The Hall–Kier alpha value is -3.54. The molecule has 0 unspecified atom stereocenters. The molecule has 162 valence electrons. The van der Waals surface area contributed by atoms with E-state index >= 15 is 0 Å². The van der Waals surface area contributed by atoms with Crippen molar-refractivity contribution in [3.8, 4) is 17.1 Å². The molecule has 2 heterocycles. The van der Waals surface area contributed by atoms with Crippen LogP contribution in [0.5, 0.6) is 0 Å². The molecule has 0 aliphatic heterocycles. The fraction of sp³-hybridized carbons (Fsp3) is 0.192. The third-order valence-electron chi connectivity index (χ3n) is 5.89. The Kier molecular flexibility index (Phi) is 4.62. The van der Waals surface area contributed by atoms with Crippen molar-refractivity contribution >= 4 is 21.8 Å². The zero-order chi connectivity index (χ0) is 22.6. The van der Waals surface area contributed by atoms with E-state index < -0.39 is 12.7 Å². The van der Waals surface area contributed by atoms with Crippen LogP contribution in [0.1, 0.15) is 16.7 Å². The number of halogens is 3. The number of nitrogens with zero attached hydrogens (tertiary/aromatic N) is 3. The van der Waals surface area contributed by atoms with Crippen LogP contribution in [0.15, 0.2) is 67.0 Å². The first-order valence-electron chi connectivity index (χ1n) is 10.4. The molecule has 0 aliphatic carbocycles. The molecular weight excluding hydrogens is 411 g/mol. The molecule has 0 bridgehead atoms. The molecule has 0 fully saturated rings. The number of benzene rings is 3. The summed E-state index contributed by atoms with van der Waals surface area (Å²) >= 11 is 0. The molecule has 0 N–H and O–H groups in total. The highest BCUT2D eigenvalue weighted by Crippen LogP contribution is 2.35. The second-order valence-corrected chi connectivity index (χ2v) is 8.32. The minimum Gasteiger partial charge on any atom is -0.331 e. The summed E-state index contributed by atoms with van der Waals surface area (Å²) in [6, 6.07) is 17.1. The van der Waals surface area contributed by atoms with Gasteiger partial charge >= 0.3 is 6.18 Å². The fourth-order valence-corrected chi connectivity index (χ4v) is 4.79. The van der Waals surface area contributed by atoms with Crippen molar-refractivity contribution in [2.75, 3.05) is 0 Å². The molecule has 2 aromatic heterocycles. The molecule has 5 aromatic rings. The first-order valence-corrected chi connectivity index (χ1v) is 10.4. The predicted octanol–water partition coefficient (Wildman–Crippen LogP) is 7.13. The van der Waals surface area contributed by atoms with Crippen molar-refractivity contribution in [2.24, 2.45) is 0 Å². The Morgan fingerprint density at radius 1 is 0.844 bits per heavy atom. The third-order valence-corrected chi connectivity index (χ3v) is 5.89. The summed E-state index contributed by atoms with van der Waals surface area (Å²) in [5.74, 6) is 0.759. The van der Waals surface area contributed by atoms with Gasteiger partial charge in [-0.05, 0) is 56.2 Å². The van der Waals surface area contributed by atoms with Crippen molar-refractivity contribution < 1.29 is 13.2 Å². The maximum Gasteiger partial charge on any atom is 0.406 e. The quantitative estimate of drug-likeness (QED) is 0.297. The summed E-state index contributed by atoms with van der Waals surface area (Å²) in [6.45, 7) is 5.20. The number of aromatic nitrogens is 3. The second-order valence-electron chi connectivity index (χ2n) is 8.32. The van der Waals surface area contributed by atoms with Gasteiger partial charge in [0, 0.05) is 39.8 Å². The van der Waals surface area contributed by atoms with Crippen molar-refractivity contribution in [3.63, 3.8) is 0 Å². The van der Waals surface area contributed by atoms with E-state index in [4.69, 9.17) is 0 Å². The number of rotatable bonds is 3. The summed E-state index contributed by atoms with van der Waals surface area (Å²) in [5, 5.41) is 1.59. The highest BCUT2D eigenvalue weighted by Gasteiger charge is 2.29. The van der Waals surface area contributed by atoms with Crippen LogP contribution in [0.4, 0.5) is 13.2 Å². The molecule has 5 rings (SSSR count). The summed E-state index contributed by atoms with van der Waals surface area (Å²) < 4.78 is 43.3. The first kappa shape index (κ1) is 20.4. The molecule has 0 saturated carbocycles. The maximum absolute atomic E-state index is 13.3. The lowest BCUT2D eigenvalue weighted by Gasteiger charge is -2.15. The largest absolute Gasteiger partial charge is 0.406 e. The van der Waals surface area contributed by atoms with Crippen LogP contribution in [0, 0.1) is 20.8 Å². The smallest absolute Gasteiger partial charge is 0.331 e. The number of hydrogen-bond acceptors (Lipinski definition) is 1. The van der Waals surface area contributed by atoms with E-state index in [-0.39, 0.29) is 0 Å². The number of para-hydroxylation sites is 1. The average molecular weight is 433 g/mol. The van der Waals surface area contributed by atoms with Gasteiger partial charge in [0.1, 0.15) is 12.4 Å². The number of imidazole rings is 1. The summed E-state index contributed by atoms with van der Waals surface area (Å²) in [4.78, 5) is 4.60. The summed E-state index contributed by atoms with van der Waals surface area (Å²) in [7, 11) is 0. The SMILES string of the molecule is Cc1cc(C)c(-n2ccnc2-c2ccc3c(c2)c2ccccc2n3CC(F)(F)F)c(C)c1. The van der Waals surface area contributed by atoms with Crippen LogP contribution in [0.25, 0.3) is 38.9 Å². The van der Waals surface area contributed by atoms with Crippen molar-refractivity contribution in [2.45, 2.75) is 33.5 Å². The normalized spacial score (nSPS) is 12.2. The van der Waals surface area contributed by atoms with E-state index in [0.717, 1.165) is 39.0 Å². The van der Waals surface area contributed by atoms with Crippen molar-refractivity contribution in [1.29, 1.82) is 0 Å². The summed E-state index contributed by atoms with van der Waals surface area (Å²) in [6.07, 6.45) is -0.619. The van der Waals surface area contributed by atoms with Crippen molar-refractivity contribution in [3.05, 3.63) is 83.7 Å². The molecule has 0 saturated heterocycles. The first-order chi connectivity index (χ1) is 15.2. The number of fused-ring (bicyclic) bond motifs is 3. The summed E-state index contributed by atoms with van der Waals surface area (Å²) in [5.41, 5.74) is 6.55. The minimum atomic E-state index is -4.30. The Morgan fingerprint density at radius 3 is 2.25 bits per heavy atom. The van der Waals surface area contributed by atoms with E-state index in [1.54, 1.807) is 24.4 Å². The number of aryl methyl sites for hydroxylation is 3. The van der Waals surface area contributed by atoms with Crippen LogP contribution in [0.2, 0.25) is 0 Å². The monoisotopic (exact) mass is 433 g/mol. The lowest BCUT2D eigenvalue weighted by Crippen LogP contribution is -2.17. The van der Waals surface area contributed by atoms with E-state index in [1.165, 1.54) is 10.1 Å². The lowest BCUT2D eigenvalue weighted by molar-refractivity contribution is -0.139. The van der Waals surface area contributed by atoms with Gasteiger partial charge in [-0.1, -0.05) is 35.9 Å². The topological polar surface area (TPSA) is 22.8 Å². The van der Waals surface area contributed by atoms with Gasteiger partial charge < -0.3 is 4.57 Å². The Balaban J connectivity index is 1.72. The predicted molar refractivity (Wildman–Crippen MR) is 122 cm³/mol. The molecular formula is C26H22F3N3. The molecule has 32 heavy (non-hydrogen) atoms. The van der Waals surface area contributed by atoms with Crippen molar-refractivity contribution in [1.82, 2.24) is 14.1 Å². The van der Waals surface area contributed by atoms with Gasteiger partial charge in [0.05, 0.1) is 5.69 Å². The van der Waals surface area contributed by atoms with Gasteiger partial charge in [0.25, 0.3) is 0 Å². The van der Waals surface area contributed by atoms with E-state index in [1.807, 2.05) is 30.5 Å². The Labute approximate surface area is 183 Å². The minimum absolute atomic E-state index is 0.563. The molecule has 0 atom stereocenters. The molecule has 0 amide bonds. The molecule has 0 aliphatic rings. The van der Waals surface area contributed by atoms with Gasteiger partial charge in [-0.25, -0.2) is 4.98 Å². The van der Waals surface area contributed by atoms with Crippen LogP contribution < -0.4 is 0 Å². The van der Waals surface area contributed by atoms with Gasteiger partial charge in [0.15, 0.2) is 0 Å². The van der Waals surface area contributed by atoms with Gasteiger partial charge in [-0.3, -0.25) is 4.57 Å². The number of hydrogen-bond donors (Lipinski definition) is 0. The van der Waals surface area contributed by atoms with Crippen LogP contribution in [-0.2, 0) is 6.54 Å². The lowest BCUT2D eigenvalue weighted by atomic mass is 10.0. The van der Waals surface area contributed by atoms with Gasteiger partial charge in [0.2, 0.25) is 0 Å². The third kappa shape index (κ3) is 3.36. The molecule has 3 aromatic carbocycles. The highest BCUT2D eigenvalue weighted by atomic mass is 19.4.